The molecule has 2 atom stereocenters. The molecule has 0 aliphatic carbocycles. The van der Waals surface area contributed by atoms with Gasteiger partial charge in [0.05, 0.1) is 6.61 Å². The van der Waals surface area contributed by atoms with Crippen LogP contribution in [0.2, 0.25) is 0 Å². The molecule has 2 heterocycles. The van der Waals surface area contributed by atoms with Crippen molar-refractivity contribution >= 4 is 23.6 Å². The zero-order valence-corrected chi connectivity index (χ0v) is 9.49. The minimum absolute atomic E-state index is 0.0392. The highest BCUT2D eigenvalue weighted by atomic mass is 32.2. The van der Waals surface area contributed by atoms with Crippen molar-refractivity contribution in [3.63, 3.8) is 0 Å². The number of ether oxygens (including phenoxy) is 1. The maximum atomic E-state index is 11.5. The zero-order valence-electron chi connectivity index (χ0n) is 8.67. The lowest BCUT2D eigenvalue weighted by Gasteiger charge is -2.47. The second-order valence-corrected chi connectivity index (χ2v) is 4.73. The molecule has 88 valence electrons. The summed E-state index contributed by atoms with van der Waals surface area (Å²) >= 11 is 1.47. The highest BCUT2D eigenvalue weighted by molar-refractivity contribution is 8.00. The van der Waals surface area contributed by atoms with Gasteiger partial charge in [-0.3, -0.25) is 9.69 Å². The highest BCUT2D eigenvalue weighted by Crippen LogP contribution is 2.39. The number of fused-ring (bicyclic) bond motifs is 1. The molecule has 6 nitrogen and oxygen atoms in total. The molecule has 3 N–H and O–H groups in total. The second-order valence-electron chi connectivity index (χ2n) is 3.63. The Bertz CT molecular complexity index is 382. The Kier molecular flexibility index (Phi) is 2.92. The van der Waals surface area contributed by atoms with Crippen LogP contribution in [-0.4, -0.2) is 52.8 Å². The molecule has 0 aromatic heterocycles. The van der Waals surface area contributed by atoms with Crippen LogP contribution in [0, 0.1) is 0 Å². The summed E-state index contributed by atoms with van der Waals surface area (Å²) in [7, 11) is 1.49. The summed E-state index contributed by atoms with van der Waals surface area (Å²) in [6.07, 6.45) is 0. The topological polar surface area (TPSA) is 92.9 Å². The lowest BCUT2D eigenvalue weighted by molar-refractivity contribution is -0.148. The van der Waals surface area contributed by atoms with Gasteiger partial charge in [-0.15, -0.1) is 11.8 Å². The van der Waals surface area contributed by atoms with Crippen molar-refractivity contribution in [2.45, 2.75) is 11.4 Å². The zero-order chi connectivity index (χ0) is 11.9. The molecule has 0 aromatic carbocycles. The van der Waals surface area contributed by atoms with E-state index in [2.05, 4.69) is 0 Å². The van der Waals surface area contributed by atoms with Crippen LogP contribution in [0.15, 0.2) is 11.3 Å². The first-order chi connectivity index (χ1) is 7.57. The number of thioether (sulfide) groups is 1. The van der Waals surface area contributed by atoms with E-state index in [0.717, 1.165) is 0 Å². The number of aliphatic carboxylic acids is 1. The van der Waals surface area contributed by atoms with E-state index < -0.39 is 12.0 Å². The lowest BCUT2D eigenvalue weighted by Crippen LogP contribution is -2.68. The molecule has 1 fully saturated rings. The van der Waals surface area contributed by atoms with Gasteiger partial charge < -0.3 is 15.6 Å². The van der Waals surface area contributed by atoms with Crippen molar-refractivity contribution in [1.82, 2.24) is 4.90 Å². The van der Waals surface area contributed by atoms with E-state index in [1.807, 2.05) is 0 Å². The minimum Gasteiger partial charge on any atom is -0.477 e. The smallest absolute Gasteiger partial charge is 0.352 e. The number of β-lactam (4-membered cyclic amide) rings is 1. The molecule has 0 spiro atoms. The molecule has 2 aliphatic heterocycles. The molecule has 0 bridgehead atoms. The van der Waals surface area contributed by atoms with Gasteiger partial charge in [0.25, 0.3) is 0 Å². The summed E-state index contributed by atoms with van der Waals surface area (Å²) in [5.74, 6) is -0.891. The number of methoxy groups -OCH3 is 1. The largest absolute Gasteiger partial charge is 0.477 e. The van der Waals surface area contributed by atoms with Crippen LogP contribution in [0.1, 0.15) is 0 Å². The molecular formula is C9H12N2O4S. The van der Waals surface area contributed by atoms with E-state index in [0.29, 0.717) is 11.3 Å². The fourth-order valence-corrected chi connectivity index (χ4v) is 3.14. The van der Waals surface area contributed by atoms with Crippen LogP contribution in [0.5, 0.6) is 0 Å². The van der Waals surface area contributed by atoms with Crippen LogP contribution < -0.4 is 5.73 Å². The number of hydrogen-bond donors (Lipinski definition) is 2. The Hall–Kier alpha value is -1.05. The third-order valence-electron chi connectivity index (χ3n) is 2.61. The number of amides is 1. The molecule has 16 heavy (non-hydrogen) atoms. The van der Waals surface area contributed by atoms with E-state index in [-0.39, 0.29) is 23.6 Å². The Balaban J connectivity index is 2.34. The normalized spacial score (nSPS) is 28.9. The number of carbonyl (C=O) groups is 2. The predicted octanol–water partition coefficient (Wildman–Crippen LogP) is -0.786. The Labute approximate surface area is 96.4 Å². The fraction of sp³-hybridized carbons (Fsp3) is 0.556. The standard InChI is InChI=1S/C9H12N2O4S/c1-15-2-4-3-16-8-5(10)7(12)11(8)6(4)9(13)14/h5,8H,2-3,10H2,1H3,(H,13,14)/t5-,8?/m1/s1. The monoisotopic (exact) mass is 244 g/mol. The van der Waals surface area contributed by atoms with Gasteiger partial charge >= 0.3 is 5.97 Å². The summed E-state index contributed by atoms with van der Waals surface area (Å²) in [6, 6.07) is -0.580. The van der Waals surface area contributed by atoms with Crippen molar-refractivity contribution in [1.29, 1.82) is 0 Å². The van der Waals surface area contributed by atoms with E-state index in [9.17, 15) is 9.59 Å². The van der Waals surface area contributed by atoms with Gasteiger partial charge in [-0.1, -0.05) is 0 Å². The number of carboxylic acid groups (broad SMARTS) is 1. The van der Waals surface area contributed by atoms with Crippen molar-refractivity contribution in [2.24, 2.45) is 5.73 Å². The van der Waals surface area contributed by atoms with Crippen LogP contribution >= 0.6 is 11.8 Å². The van der Waals surface area contributed by atoms with Gasteiger partial charge in [-0.05, 0) is 5.57 Å². The average Bonchev–Trinajstić information content (AvgIpc) is 2.27. The minimum atomic E-state index is -1.10. The predicted molar refractivity (Wildman–Crippen MR) is 57.6 cm³/mol. The third kappa shape index (κ3) is 1.51. The molecule has 0 radical (unpaired) electrons. The number of carbonyl (C=O) groups excluding carboxylic acids is 1. The van der Waals surface area contributed by atoms with Gasteiger partial charge in [0.1, 0.15) is 17.1 Å². The first-order valence-corrected chi connectivity index (χ1v) is 5.77. The molecule has 1 amide bonds. The average molecular weight is 244 g/mol. The molecule has 7 heteroatoms. The molecule has 2 rings (SSSR count). The van der Waals surface area contributed by atoms with Gasteiger partial charge in [0, 0.05) is 12.9 Å². The van der Waals surface area contributed by atoms with E-state index >= 15 is 0 Å². The summed E-state index contributed by atoms with van der Waals surface area (Å²) < 4.78 is 4.93. The maximum absolute atomic E-state index is 11.5. The number of nitrogens with two attached hydrogens (primary N) is 1. The molecule has 2 aliphatic rings. The molecule has 1 saturated heterocycles. The summed E-state index contributed by atoms with van der Waals surface area (Å²) in [4.78, 5) is 23.9. The first kappa shape index (κ1) is 11.4. The second kappa shape index (κ2) is 4.08. The van der Waals surface area contributed by atoms with E-state index in [1.54, 1.807) is 0 Å². The third-order valence-corrected chi connectivity index (χ3v) is 3.97. The molecular weight excluding hydrogens is 232 g/mol. The van der Waals surface area contributed by atoms with Crippen molar-refractivity contribution in [2.75, 3.05) is 19.5 Å². The number of carboxylic acids is 1. The lowest BCUT2D eigenvalue weighted by atomic mass is 10.0. The molecule has 0 saturated carbocycles. The molecule has 1 unspecified atom stereocenters. The summed E-state index contributed by atoms with van der Waals surface area (Å²) in [5, 5.41) is 8.87. The van der Waals surface area contributed by atoms with Gasteiger partial charge in [0.2, 0.25) is 5.91 Å². The van der Waals surface area contributed by atoms with Crippen LogP contribution in [-0.2, 0) is 14.3 Å². The van der Waals surface area contributed by atoms with Crippen molar-refractivity contribution < 1.29 is 19.4 Å². The number of hydrogen-bond acceptors (Lipinski definition) is 5. The van der Waals surface area contributed by atoms with Crippen LogP contribution in [0.3, 0.4) is 0 Å². The highest BCUT2D eigenvalue weighted by Gasteiger charge is 2.51. The number of nitrogens with zero attached hydrogens (tertiary/aromatic N) is 1. The van der Waals surface area contributed by atoms with Gasteiger partial charge in [-0.25, -0.2) is 4.79 Å². The fourth-order valence-electron chi connectivity index (χ4n) is 1.87. The Morgan fingerprint density at radius 3 is 3.00 bits per heavy atom. The maximum Gasteiger partial charge on any atom is 0.352 e. The summed E-state index contributed by atoms with van der Waals surface area (Å²) in [5.41, 5.74) is 6.26. The van der Waals surface area contributed by atoms with Crippen molar-refractivity contribution in [3.8, 4) is 0 Å². The summed E-state index contributed by atoms with van der Waals surface area (Å²) in [6.45, 7) is 0.223. The van der Waals surface area contributed by atoms with Crippen molar-refractivity contribution in [3.05, 3.63) is 11.3 Å². The van der Waals surface area contributed by atoms with Gasteiger partial charge in [-0.2, -0.15) is 0 Å². The van der Waals surface area contributed by atoms with Gasteiger partial charge in [0.15, 0.2) is 0 Å². The quantitative estimate of drug-likeness (QED) is 0.632. The van der Waals surface area contributed by atoms with E-state index in [1.165, 1.54) is 23.8 Å². The number of rotatable bonds is 3. The Morgan fingerprint density at radius 1 is 1.75 bits per heavy atom. The first-order valence-electron chi connectivity index (χ1n) is 4.72. The van der Waals surface area contributed by atoms with Crippen LogP contribution in [0.4, 0.5) is 0 Å². The Morgan fingerprint density at radius 2 is 2.44 bits per heavy atom. The van der Waals surface area contributed by atoms with Crippen LogP contribution in [0.25, 0.3) is 0 Å². The molecule has 0 aromatic rings. The van der Waals surface area contributed by atoms with E-state index in [4.69, 9.17) is 15.6 Å². The SMILES string of the molecule is COCC1=C(C(=O)O)N2C(=O)[C@@H](N)C2SC1.